The molecule has 25 heavy (non-hydrogen) atoms. The first-order valence-corrected chi connectivity index (χ1v) is 11.4. The van der Waals surface area contributed by atoms with Gasteiger partial charge in [0.2, 0.25) is 0 Å². The number of aryl methyl sites for hydroxylation is 2. The highest BCUT2D eigenvalue weighted by Gasteiger charge is 2.14. The van der Waals surface area contributed by atoms with Crippen LogP contribution >= 0.6 is 0 Å². The standard InChI is InChI=1S/C23H45N2/c1-4-7-9-10-11-12-13-14-15-16-18-20-25-22-21-24(23(25)6-3)19-17-8-5-2/h21-22H,4-20H2,1-3H3/q+1. The van der Waals surface area contributed by atoms with Gasteiger partial charge in [-0.25, -0.2) is 9.13 Å². The molecule has 1 aromatic rings. The number of nitrogens with zero attached hydrogens (tertiary/aromatic N) is 2. The molecule has 2 nitrogen and oxygen atoms in total. The summed E-state index contributed by atoms with van der Waals surface area (Å²) in [5.74, 6) is 1.52. The zero-order valence-corrected chi connectivity index (χ0v) is 17.6. The fourth-order valence-corrected chi connectivity index (χ4v) is 3.79. The van der Waals surface area contributed by atoms with Gasteiger partial charge in [0.1, 0.15) is 12.4 Å². The van der Waals surface area contributed by atoms with Gasteiger partial charge >= 0.3 is 0 Å². The Morgan fingerprint density at radius 3 is 1.76 bits per heavy atom. The average molecular weight is 350 g/mol. The van der Waals surface area contributed by atoms with E-state index in [1.54, 1.807) is 0 Å². The number of imidazole rings is 1. The molecule has 0 spiro atoms. The van der Waals surface area contributed by atoms with Crippen molar-refractivity contribution in [1.82, 2.24) is 4.57 Å². The quantitative estimate of drug-likeness (QED) is 0.215. The fraction of sp³-hybridized carbons (Fsp3) is 0.870. The Labute approximate surface area is 158 Å². The topological polar surface area (TPSA) is 8.81 Å². The predicted octanol–water partition coefficient (Wildman–Crippen LogP) is 6.84. The average Bonchev–Trinajstić information content (AvgIpc) is 3.01. The van der Waals surface area contributed by atoms with Crippen LogP contribution in [0, 0.1) is 0 Å². The van der Waals surface area contributed by atoms with Crippen LogP contribution < -0.4 is 4.57 Å². The van der Waals surface area contributed by atoms with Crippen LogP contribution in [0.25, 0.3) is 0 Å². The van der Waals surface area contributed by atoms with Gasteiger partial charge in [-0.3, -0.25) is 0 Å². The van der Waals surface area contributed by atoms with Crippen molar-refractivity contribution in [2.45, 2.75) is 130 Å². The number of hydrogen-bond donors (Lipinski definition) is 0. The van der Waals surface area contributed by atoms with Crippen LogP contribution in [0.15, 0.2) is 12.4 Å². The number of aromatic nitrogens is 2. The second-order valence-corrected chi connectivity index (χ2v) is 7.70. The summed E-state index contributed by atoms with van der Waals surface area (Å²) in [5.41, 5.74) is 0. The summed E-state index contributed by atoms with van der Waals surface area (Å²) in [4.78, 5) is 0. The van der Waals surface area contributed by atoms with E-state index in [0.717, 1.165) is 6.42 Å². The summed E-state index contributed by atoms with van der Waals surface area (Å²) < 4.78 is 4.98. The van der Waals surface area contributed by atoms with Crippen LogP contribution in [0.2, 0.25) is 0 Å². The third kappa shape index (κ3) is 10.1. The molecule has 0 aromatic carbocycles. The third-order valence-corrected chi connectivity index (χ3v) is 5.41. The van der Waals surface area contributed by atoms with Crippen molar-refractivity contribution in [1.29, 1.82) is 0 Å². The maximum absolute atomic E-state index is 2.50. The number of hydrogen-bond acceptors (Lipinski definition) is 0. The minimum Gasteiger partial charge on any atom is -0.234 e. The lowest BCUT2D eigenvalue weighted by Gasteiger charge is -2.04. The van der Waals surface area contributed by atoms with Crippen LogP contribution in [0.5, 0.6) is 0 Å². The Morgan fingerprint density at radius 2 is 1.20 bits per heavy atom. The molecule has 0 atom stereocenters. The van der Waals surface area contributed by atoms with E-state index in [-0.39, 0.29) is 0 Å². The Hall–Kier alpha value is -0.790. The Balaban J connectivity index is 2.07. The lowest BCUT2D eigenvalue weighted by Crippen LogP contribution is -2.37. The fourth-order valence-electron chi connectivity index (χ4n) is 3.79. The molecule has 0 saturated carbocycles. The highest BCUT2D eigenvalue weighted by atomic mass is 15.1. The summed E-state index contributed by atoms with van der Waals surface area (Å²) in [5, 5.41) is 0. The number of rotatable bonds is 17. The van der Waals surface area contributed by atoms with Crippen molar-refractivity contribution < 1.29 is 4.57 Å². The van der Waals surface area contributed by atoms with Crippen molar-refractivity contribution in [2.24, 2.45) is 0 Å². The molecule has 0 saturated heterocycles. The van der Waals surface area contributed by atoms with E-state index in [9.17, 15) is 0 Å². The van der Waals surface area contributed by atoms with E-state index >= 15 is 0 Å². The molecule has 0 aliphatic rings. The molecule has 2 heteroatoms. The maximum Gasteiger partial charge on any atom is 0.256 e. The largest absolute Gasteiger partial charge is 0.256 e. The summed E-state index contributed by atoms with van der Waals surface area (Å²) >= 11 is 0. The maximum atomic E-state index is 2.50. The lowest BCUT2D eigenvalue weighted by atomic mass is 10.1. The van der Waals surface area contributed by atoms with Crippen LogP contribution in [0.3, 0.4) is 0 Å². The Morgan fingerprint density at radius 1 is 0.680 bits per heavy atom. The molecule has 0 aliphatic carbocycles. The van der Waals surface area contributed by atoms with Gasteiger partial charge < -0.3 is 0 Å². The first-order valence-electron chi connectivity index (χ1n) is 11.4. The normalized spacial score (nSPS) is 11.3. The van der Waals surface area contributed by atoms with Crippen LogP contribution in [0.1, 0.15) is 116 Å². The Bertz CT molecular complexity index is 408. The molecule has 0 unspecified atom stereocenters. The van der Waals surface area contributed by atoms with E-state index < -0.39 is 0 Å². The third-order valence-electron chi connectivity index (χ3n) is 5.41. The highest BCUT2D eigenvalue weighted by molar-refractivity contribution is 4.83. The molecule has 0 aliphatic heterocycles. The van der Waals surface area contributed by atoms with E-state index in [4.69, 9.17) is 0 Å². The van der Waals surface area contributed by atoms with Crippen molar-refractivity contribution in [3.63, 3.8) is 0 Å². The highest BCUT2D eigenvalue weighted by Crippen LogP contribution is 2.11. The molecule has 0 fully saturated rings. The molecule has 0 N–H and O–H groups in total. The molecule has 1 heterocycles. The molecule has 1 aromatic heterocycles. The summed E-state index contributed by atoms with van der Waals surface area (Å²) in [6.45, 7) is 9.28. The first-order chi connectivity index (χ1) is 12.3. The van der Waals surface area contributed by atoms with E-state index in [2.05, 4.69) is 42.3 Å². The van der Waals surface area contributed by atoms with Crippen molar-refractivity contribution in [2.75, 3.05) is 0 Å². The van der Waals surface area contributed by atoms with Crippen LogP contribution in [0.4, 0.5) is 0 Å². The van der Waals surface area contributed by atoms with Gasteiger partial charge in [-0.15, -0.1) is 0 Å². The van der Waals surface area contributed by atoms with Gasteiger partial charge in [0.05, 0.1) is 13.1 Å². The smallest absolute Gasteiger partial charge is 0.234 e. The predicted molar refractivity (Wildman–Crippen MR) is 110 cm³/mol. The van der Waals surface area contributed by atoms with Crippen LogP contribution in [-0.2, 0) is 19.5 Å². The van der Waals surface area contributed by atoms with Gasteiger partial charge in [-0.1, -0.05) is 85.0 Å². The Kier molecular flexibility index (Phi) is 13.8. The van der Waals surface area contributed by atoms with Gasteiger partial charge in [0.15, 0.2) is 0 Å². The van der Waals surface area contributed by atoms with Crippen LogP contribution in [-0.4, -0.2) is 4.57 Å². The molecule has 0 amide bonds. The zero-order chi connectivity index (χ0) is 18.2. The van der Waals surface area contributed by atoms with Crippen molar-refractivity contribution in [3.8, 4) is 0 Å². The molecular weight excluding hydrogens is 304 g/mol. The number of unbranched alkanes of at least 4 members (excludes halogenated alkanes) is 12. The first kappa shape index (κ1) is 22.3. The molecular formula is C23H45N2+. The monoisotopic (exact) mass is 349 g/mol. The minimum atomic E-state index is 1.15. The molecule has 146 valence electrons. The summed E-state index contributed by atoms with van der Waals surface area (Å²) in [7, 11) is 0. The molecule has 0 bridgehead atoms. The SMILES string of the molecule is CCCCCCCCCCCCC[n+]1ccn(CCCCC)c1CC. The second kappa shape index (κ2) is 15.5. The van der Waals surface area contributed by atoms with Crippen molar-refractivity contribution >= 4 is 0 Å². The lowest BCUT2D eigenvalue weighted by molar-refractivity contribution is -0.704. The van der Waals surface area contributed by atoms with Gasteiger partial charge in [0.25, 0.3) is 5.82 Å². The molecule has 1 rings (SSSR count). The van der Waals surface area contributed by atoms with Gasteiger partial charge in [-0.05, 0) is 25.7 Å². The van der Waals surface area contributed by atoms with E-state index in [1.165, 1.54) is 109 Å². The zero-order valence-electron chi connectivity index (χ0n) is 17.6. The van der Waals surface area contributed by atoms with E-state index in [1.807, 2.05) is 0 Å². The van der Waals surface area contributed by atoms with Gasteiger partial charge in [-0.2, -0.15) is 0 Å². The van der Waals surface area contributed by atoms with Gasteiger partial charge in [0, 0.05) is 6.42 Å². The summed E-state index contributed by atoms with van der Waals surface area (Å²) in [6, 6.07) is 0. The van der Waals surface area contributed by atoms with E-state index in [0.29, 0.717) is 0 Å². The second-order valence-electron chi connectivity index (χ2n) is 7.70. The minimum absolute atomic E-state index is 1.15. The van der Waals surface area contributed by atoms with Crippen molar-refractivity contribution in [3.05, 3.63) is 18.2 Å². The summed E-state index contributed by atoms with van der Waals surface area (Å²) in [6.07, 6.45) is 25.4. The molecule has 0 radical (unpaired) electrons.